The van der Waals surface area contributed by atoms with Gasteiger partial charge in [-0.25, -0.2) is 0 Å². The standard InChI is InChI=1S/C16H27N3O/c1-10(2)19-12(4)8-14(13(19)5)16(20)18-15-9-17-7-6-11(15)3/h8,10-11,15,17H,6-7,9H2,1-5H3,(H,18,20). The molecule has 112 valence electrons. The number of piperidine rings is 1. The number of amides is 1. The van der Waals surface area contributed by atoms with Gasteiger partial charge in [0.25, 0.3) is 5.91 Å². The molecule has 4 heteroatoms. The van der Waals surface area contributed by atoms with Crippen LogP contribution in [0.3, 0.4) is 0 Å². The number of nitrogens with zero attached hydrogens (tertiary/aromatic N) is 1. The van der Waals surface area contributed by atoms with E-state index in [2.05, 4.69) is 42.9 Å². The number of carbonyl (C=O) groups is 1. The van der Waals surface area contributed by atoms with Crippen LogP contribution in [0.5, 0.6) is 0 Å². The summed E-state index contributed by atoms with van der Waals surface area (Å²) in [7, 11) is 0. The van der Waals surface area contributed by atoms with Gasteiger partial charge in [-0.2, -0.15) is 0 Å². The molecule has 2 heterocycles. The average molecular weight is 277 g/mol. The van der Waals surface area contributed by atoms with E-state index in [0.717, 1.165) is 36.5 Å². The Balaban J connectivity index is 2.15. The number of rotatable bonds is 3. The highest BCUT2D eigenvalue weighted by atomic mass is 16.1. The van der Waals surface area contributed by atoms with E-state index in [1.54, 1.807) is 0 Å². The van der Waals surface area contributed by atoms with Gasteiger partial charge in [-0.15, -0.1) is 0 Å². The lowest BCUT2D eigenvalue weighted by Gasteiger charge is -2.30. The van der Waals surface area contributed by atoms with Gasteiger partial charge in [0.05, 0.1) is 5.56 Å². The van der Waals surface area contributed by atoms with Crippen molar-refractivity contribution in [1.29, 1.82) is 0 Å². The lowest BCUT2D eigenvalue weighted by Crippen LogP contribution is -2.50. The van der Waals surface area contributed by atoms with Crippen molar-refractivity contribution < 1.29 is 4.79 Å². The molecular weight excluding hydrogens is 250 g/mol. The van der Waals surface area contributed by atoms with Gasteiger partial charge in [-0.1, -0.05) is 6.92 Å². The van der Waals surface area contributed by atoms with Gasteiger partial charge in [0.1, 0.15) is 0 Å². The molecule has 1 fully saturated rings. The Kier molecular flexibility index (Phi) is 4.53. The molecule has 0 aromatic carbocycles. The maximum Gasteiger partial charge on any atom is 0.253 e. The van der Waals surface area contributed by atoms with Crippen molar-refractivity contribution >= 4 is 5.91 Å². The van der Waals surface area contributed by atoms with Crippen LogP contribution in [-0.2, 0) is 0 Å². The summed E-state index contributed by atoms with van der Waals surface area (Å²) >= 11 is 0. The summed E-state index contributed by atoms with van der Waals surface area (Å²) in [4.78, 5) is 12.5. The summed E-state index contributed by atoms with van der Waals surface area (Å²) in [5.74, 6) is 0.597. The Hall–Kier alpha value is -1.29. The van der Waals surface area contributed by atoms with Gasteiger partial charge in [-0.05, 0) is 52.6 Å². The van der Waals surface area contributed by atoms with Crippen molar-refractivity contribution in [3.63, 3.8) is 0 Å². The zero-order valence-corrected chi connectivity index (χ0v) is 13.3. The van der Waals surface area contributed by atoms with E-state index in [-0.39, 0.29) is 11.9 Å². The molecule has 1 amide bonds. The van der Waals surface area contributed by atoms with Crippen molar-refractivity contribution in [2.24, 2.45) is 5.92 Å². The van der Waals surface area contributed by atoms with E-state index in [4.69, 9.17) is 0 Å². The molecule has 2 rings (SSSR count). The van der Waals surface area contributed by atoms with Gasteiger partial charge < -0.3 is 15.2 Å². The third kappa shape index (κ3) is 2.90. The van der Waals surface area contributed by atoms with Crippen LogP contribution in [0.4, 0.5) is 0 Å². The number of aromatic nitrogens is 1. The Bertz CT molecular complexity index is 490. The van der Waals surface area contributed by atoms with E-state index in [9.17, 15) is 4.79 Å². The Morgan fingerprint density at radius 1 is 1.45 bits per heavy atom. The molecule has 0 bridgehead atoms. The summed E-state index contributed by atoms with van der Waals surface area (Å²) in [6, 6.07) is 2.62. The Labute approximate surface area is 121 Å². The SMILES string of the molecule is Cc1cc(C(=O)NC2CNCCC2C)c(C)n1C(C)C. The van der Waals surface area contributed by atoms with Gasteiger partial charge in [-0.3, -0.25) is 4.79 Å². The molecule has 20 heavy (non-hydrogen) atoms. The maximum absolute atomic E-state index is 12.5. The Morgan fingerprint density at radius 3 is 2.70 bits per heavy atom. The Morgan fingerprint density at radius 2 is 2.15 bits per heavy atom. The second-order valence-corrected chi connectivity index (χ2v) is 6.30. The monoisotopic (exact) mass is 277 g/mol. The molecule has 1 aliphatic rings. The average Bonchev–Trinajstić information content (AvgIpc) is 2.67. The summed E-state index contributed by atoms with van der Waals surface area (Å²) in [6.07, 6.45) is 1.12. The molecule has 0 aliphatic carbocycles. The minimum absolute atomic E-state index is 0.0607. The van der Waals surface area contributed by atoms with Crippen molar-refractivity contribution in [3.8, 4) is 0 Å². The first kappa shape index (κ1) is 15.1. The van der Waals surface area contributed by atoms with Crippen LogP contribution in [0, 0.1) is 19.8 Å². The van der Waals surface area contributed by atoms with E-state index < -0.39 is 0 Å². The molecule has 4 nitrogen and oxygen atoms in total. The molecule has 1 aromatic rings. The molecular formula is C16H27N3O. The predicted octanol–water partition coefficient (Wildman–Crippen LogP) is 2.41. The van der Waals surface area contributed by atoms with Gasteiger partial charge in [0.15, 0.2) is 0 Å². The number of aryl methyl sites for hydroxylation is 1. The topological polar surface area (TPSA) is 46.1 Å². The molecule has 1 aromatic heterocycles. The van der Waals surface area contributed by atoms with Crippen LogP contribution in [0.1, 0.15) is 55.0 Å². The lowest BCUT2D eigenvalue weighted by molar-refractivity contribution is 0.0914. The highest BCUT2D eigenvalue weighted by Crippen LogP contribution is 2.21. The van der Waals surface area contributed by atoms with Crippen molar-refractivity contribution in [2.45, 2.75) is 53.1 Å². The number of carbonyl (C=O) groups excluding carboxylic acids is 1. The first-order chi connectivity index (χ1) is 9.41. The van der Waals surface area contributed by atoms with Gasteiger partial charge >= 0.3 is 0 Å². The zero-order chi connectivity index (χ0) is 14.9. The van der Waals surface area contributed by atoms with E-state index in [1.165, 1.54) is 0 Å². The third-order valence-corrected chi connectivity index (χ3v) is 4.39. The normalized spacial score (nSPS) is 23.1. The molecule has 2 unspecified atom stereocenters. The molecule has 0 radical (unpaired) electrons. The number of nitrogens with one attached hydrogen (secondary N) is 2. The van der Waals surface area contributed by atoms with E-state index in [1.807, 2.05) is 13.0 Å². The molecule has 2 atom stereocenters. The molecule has 1 saturated heterocycles. The van der Waals surface area contributed by atoms with E-state index >= 15 is 0 Å². The fourth-order valence-electron chi connectivity index (χ4n) is 3.23. The van der Waals surface area contributed by atoms with Gasteiger partial charge in [0.2, 0.25) is 0 Å². The zero-order valence-electron chi connectivity index (χ0n) is 13.3. The van der Waals surface area contributed by atoms with Crippen LogP contribution in [0.2, 0.25) is 0 Å². The minimum atomic E-state index is 0.0607. The summed E-state index contributed by atoms with van der Waals surface area (Å²) in [5.41, 5.74) is 3.03. The predicted molar refractivity (Wildman–Crippen MR) is 82.2 cm³/mol. The molecule has 1 aliphatic heterocycles. The molecule has 2 N–H and O–H groups in total. The minimum Gasteiger partial charge on any atom is -0.348 e. The van der Waals surface area contributed by atoms with Crippen molar-refractivity contribution in [3.05, 3.63) is 23.0 Å². The first-order valence-corrected chi connectivity index (χ1v) is 7.61. The van der Waals surface area contributed by atoms with Gasteiger partial charge in [0, 0.05) is 30.0 Å². The highest BCUT2D eigenvalue weighted by molar-refractivity contribution is 5.96. The van der Waals surface area contributed by atoms with Crippen LogP contribution >= 0.6 is 0 Å². The van der Waals surface area contributed by atoms with Crippen LogP contribution in [0.15, 0.2) is 6.07 Å². The second-order valence-electron chi connectivity index (χ2n) is 6.30. The highest BCUT2D eigenvalue weighted by Gasteiger charge is 2.25. The quantitative estimate of drug-likeness (QED) is 0.891. The number of hydrogen-bond donors (Lipinski definition) is 2. The second kappa shape index (κ2) is 6.00. The van der Waals surface area contributed by atoms with Crippen LogP contribution in [0.25, 0.3) is 0 Å². The molecule has 0 spiro atoms. The summed E-state index contributed by atoms with van der Waals surface area (Å²) < 4.78 is 2.22. The van der Waals surface area contributed by atoms with Crippen molar-refractivity contribution in [1.82, 2.24) is 15.2 Å². The smallest absolute Gasteiger partial charge is 0.253 e. The summed E-state index contributed by atoms with van der Waals surface area (Å²) in [6.45, 7) is 12.5. The lowest BCUT2D eigenvalue weighted by atomic mass is 9.94. The first-order valence-electron chi connectivity index (χ1n) is 7.61. The van der Waals surface area contributed by atoms with Crippen molar-refractivity contribution in [2.75, 3.05) is 13.1 Å². The van der Waals surface area contributed by atoms with Crippen LogP contribution in [-0.4, -0.2) is 29.6 Å². The summed E-state index contributed by atoms with van der Waals surface area (Å²) in [5, 5.41) is 6.54. The third-order valence-electron chi connectivity index (χ3n) is 4.39. The van der Waals surface area contributed by atoms with E-state index in [0.29, 0.717) is 12.0 Å². The fourth-order valence-corrected chi connectivity index (χ4v) is 3.23. The maximum atomic E-state index is 12.5. The molecule has 0 saturated carbocycles. The van der Waals surface area contributed by atoms with Crippen LogP contribution < -0.4 is 10.6 Å². The number of hydrogen-bond acceptors (Lipinski definition) is 2. The fraction of sp³-hybridized carbons (Fsp3) is 0.688. The largest absolute Gasteiger partial charge is 0.348 e.